The molecule has 1 fully saturated rings. The lowest BCUT2D eigenvalue weighted by atomic mass is 9.92. The summed E-state index contributed by atoms with van der Waals surface area (Å²) in [6.45, 7) is 2.15. The Hall–Kier alpha value is -0.570. The van der Waals surface area contributed by atoms with Gasteiger partial charge in [-0.15, -0.1) is 11.3 Å². The molecule has 0 saturated heterocycles. The molecule has 0 radical (unpaired) electrons. The predicted octanol–water partition coefficient (Wildman–Crippen LogP) is 2.69. The van der Waals surface area contributed by atoms with Crippen LogP contribution < -0.4 is 4.90 Å². The highest BCUT2D eigenvalue weighted by molar-refractivity contribution is 7.13. The Morgan fingerprint density at radius 3 is 2.85 bits per heavy atom. The molecule has 2 rings (SSSR count). The van der Waals surface area contributed by atoms with Gasteiger partial charge in [0.05, 0.1) is 5.69 Å². The van der Waals surface area contributed by atoms with E-state index in [9.17, 15) is 0 Å². The molecule has 1 aromatic heterocycles. The van der Waals surface area contributed by atoms with Gasteiger partial charge in [0.1, 0.15) is 0 Å². The molecule has 2 nitrogen and oxygen atoms in total. The van der Waals surface area contributed by atoms with Crippen LogP contribution in [0.15, 0.2) is 5.38 Å². The van der Waals surface area contributed by atoms with Crippen LogP contribution in [0.2, 0.25) is 0 Å². The third-order valence-corrected chi connectivity index (χ3v) is 3.81. The van der Waals surface area contributed by atoms with Crippen LogP contribution in [-0.4, -0.2) is 18.1 Å². The Labute approximate surface area is 83.6 Å². The van der Waals surface area contributed by atoms with E-state index in [0.717, 1.165) is 12.5 Å². The highest BCUT2D eigenvalue weighted by atomic mass is 32.1. The molecule has 0 atom stereocenters. The lowest BCUT2D eigenvalue weighted by molar-refractivity contribution is 0.401. The first kappa shape index (κ1) is 9.00. The van der Waals surface area contributed by atoms with E-state index < -0.39 is 0 Å². The van der Waals surface area contributed by atoms with E-state index in [2.05, 4.69) is 29.2 Å². The molecule has 1 saturated carbocycles. The first-order valence-electron chi connectivity index (χ1n) is 4.98. The lowest BCUT2D eigenvalue weighted by Crippen LogP contribution is -2.36. The molecule has 0 aliphatic heterocycles. The van der Waals surface area contributed by atoms with Gasteiger partial charge in [0.2, 0.25) is 0 Å². The predicted molar refractivity (Wildman–Crippen MR) is 57.5 cm³/mol. The quantitative estimate of drug-likeness (QED) is 0.739. The number of aromatic nitrogens is 1. The van der Waals surface area contributed by atoms with Gasteiger partial charge in [0, 0.05) is 18.5 Å². The SMILES string of the molecule is CCc1csc(N(C)C2CCC2)n1. The number of hydrogen-bond acceptors (Lipinski definition) is 3. The largest absolute Gasteiger partial charge is 0.348 e. The van der Waals surface area contributed by atoms with Gasteiger partial charge < -0.3 is 4.90 Å². The lowest BCUT2D eigenvalue weighted by Gasteiger charge is -2.34. The van der Waals surface area contributed by atoms with Gasteiger partial charge >= 0.3 is 0 Å². The van der Waals surface area contributed by atoms with Crippen molar-refractivity contribution in [1.29, 1.82) is 0 Å². The van der Waals surface area contributed by atoms with Crippen molar-refractivity contribution >= 4 is 16.5 Å². The van der Waals surface area contributed by atoms with Gasteiger partial charge in [-0.2, -0.15) is 0 Å². The van der Waals surface area contributed by atoms with E-state index in [1.165, 1.54) is 30.1 Å². The molecule has 1 aromatic rings. The average Bonchev–Trinajstić information content (AvgIpc) is 2.48. The van der Waals surface area contributed by atoms with Gasteiger partial charge in [-0.1, -0.05) is 6.92 Å². The highest BCUT2D eigenvalue weighted by Gasteiger charge is 2.23. The first-order chi connectivity index (χ1) is 6.31. The second-order valence-electron chi connectivity index (χ2n) is 3.67. The molecule has 13 heavy (non-hydrogen) atoms. The Morgan fingerprint density at radius 2 is 2.38 bits per heavy atom. The van der Waals surface area contributed by atoms with Gasteiger partial charge in [-0.25, -0.2) is 4.98 Å². The second kappa shape index (κ2) is 3.66. The van der Waals surface area contributed by atoms with Crippen LogP contribution in [0.4, 0.5) is 5.13 Å². The first-order valence-corrected chi connectivity index (χ1v) is 5.86. The van der Waals surface area contributed by atoms with E-state index in [-0.39, 0.29) is 0 Å². The standard InChI is InChI=1S/C10H16N2S/c1-3-8-7-13-10(11-8)12(2)9-5-4-6-9/h7,9H,3-6H2,1-2H3. The van der Waals surface area contributed by atoms with Crippen molar-refractivity contribution < 1.29 is 0 Å². The summed E-state index contributed by atoms with van der Waals surface area (Å²) in [5, 5.41) is 3.37. The minimum absolute atomic E-state index is 0.760. The highest BCUT2D eigenvalue weighted by Crippen LogP contribution is 2.30. The Morgan fingerprint density at radius 1 is 1.62 bits per heavy atom. The van der Waals surface area contributed by atoms with E-state index in [0.29, 0.717) is 0 Å². The number of rotatable bonds is 3. The monoisotopic (exact) mass is 196 g/mol. The topological polar surface area (TPSA) is 16.1 Å². The van der Waals surface area contributed by atoms with Crippen molar-refractivity contribution in [3.63, 3.8) is 0 Å². The fourth-order valence-corrected chi connectivity index (χ4v) is 2.50. The van der Waals surface area contributed by atoms with Gasteiger partial charge in [-0.05, 0) is 25.7 Å². The zero-order valence-electron chi connectivity index (χ0n) is 8.29. The fourth-order valence-electron chi connectivity index (χ4n) is 1.55. The molecule has 1 heterocycles. The summed E-state index contributed by atoms with van der Waals surface area (Å²) in [5.74, 6) is 0. The third-order valence-electron chi connectivity index (χ3n) is 2.83. The van der Waals surface area contributed by atoms with Gasteiger partial charge in [0.15, 0.2) is 5.13 Å². The van der Waals surface area contributed by atoms with Crippen molar-refractivity contribution in [2.45, 2.75) is 38.6 Å². The summed E-state index contributed by atoms with van der Waals surface area (Å²) in [4.78, 5) is 6.92. The molecule has 0 spiro atoms. The van der Waals surface area contributed by atoms with Crippen molar-refractivity contribution in [3.8, 4) is 0 Å². The van der Waals surface area contributed by atoms with Crippen LogP contribution in [0.5, 0.6) is 0 Å². The van der Waals surface area contributed by atoms with Crippen LogP contribution in [-0.2, 0) is 6.42 Å². The maximum Gasteiger partial charge on any atom is 0.185 e. The Kier molecular flexibility index (Phi) is 2.54. The van der Waals surface area contributed by atoms with E-state index in [1.807, 2.05) is 0 Å². The molecular formula is C10H16N2S. The molecule has 3 heteroatoms. The van der Waals surface area contributed by atoms with Crippen molar-refractivity contribution in [2.75, 3.05) is 11.9 Å². The summed E-state index contributed by atoms with van der Waals surface area (Å²) in [5.41, 5.74) is 1.23. The normalized spacial score (nSPS) is 17.1. The van der Waals surface area contributed by atoms with Crippen LogP contribution in [0, 0.1) is 0 Å². The molecule has 0 amide bonds. The van der Waals surface area contributed by atoms with Crippen LogP contribution in [0.25, 0.3) is 0 Å². The van der Waals surface area contributed by atoms with E-state index in [4.69, 9.17) is 0 Å². The van der Waals surface area contributed by atoms with Crippen molar-refractivity contribution in [1.82, 2.24) is 4.98 Å². The third kappa shape index (κ3) is 1.70. The summed E-state index contributed by atoms with van der Waals surface area (Å²) in [7, 11) is 2.17. The molecule has 1 aliphatic rings. The molecule has 0 N–H and O–H groups in total. The van der Waals surface area contributed by atoms with E-state index in [1.54, 1.807) is 11.3 Å². The zero-order valence-corrected chi connectivity index (χ0v) is 9.10. The number of thiazole rings is 1. The fraction of sp³-hybridized carbons (Fsp3) is 0.700. The number of nitrogens with zero attached hydrogens (tertiary/aromatic N) is 2. The van der Waals surface area contributed by atoms with E-state index >= 15 is 0 Å². The molecule has 72 valence electrons. The van der Waals surface area contributed by atoms with Gasteiger partial charge in [0.25, 0.3) is 0 Å². The van der Waals surface area contributed by atoms with Crippen LogP contribution in [0.1, 0.15) is 31.9 Å². The molecular weight excluding hydrogens is 180 g/mol. The van der Waals surface area contributed by atoms with Crippen LogP contribution >= 0.6 is 11.3 Å². The summed E-state index contributed by atoms with van der Waals surface area (Å²) >= 11 is 1.77. The smallest absolute Gasteiger partial charge is 0.185 e. The molecule has 0 unspecified atom stereocenters. The number of anilines is 1. The van der Waals surface area contributed by atoms with Crippen molar-refractivity contribution in [3.05, 3.63) is 11.1 Å². The Balaban J connectivity index is 2.05. The second-order valence-corrected chi connectivity index (χ2v) is 4.51. The summed E-state index contributed by atoms with van der Waals surface area (Å²) in [6.07, 6.45) is 5.13. The molecule has 0 bridgehead atoms. The maximum absolute atomic E-state index is 4.58. The molecule has 0 aromatic carbocycles. The van der Waals surface area contributed by atoms with Gasteiger partial charge in [-0.3, -0.25) is 0 Å². The number of aryl methyl sites for hydroxylation is 1. The zero-order chi connectivity index (χ0) is 9.26. The summed E-state index contributed by atoms with van der Waals surface area (Å²) < 4.78 is 0. The Bertz CT molecular complexity index is 278. The van der Waals surface area contributed by atoms with Crippen LogP contribution in [0.3, 0.4) is 0 Å². The number of hydrogen-bond donors (Lipinski definition) is 0. The van der Waals surface area contributed by atoms with Crippen molar-refractivity contribution in [2.24, 2.45) is 0 Å². The maximum atomic E-state index is 4.58. The summed E-state index contributed by atoms with van der Waals surface area (Å²) in [6, 6.07) is 0.760. The minimum Gasteiger partial charge on any atom is -0.348 e. The average molecular weight is 196 g/mol. The minimum atomic E-state index is 0.760. The molecule has 1 aliphatic carbocycles.